The fourth-order valence-electron chi connectivity index (χ4n) is 2.12. The molecule has 0 saturated carbocycles. The lowest BCUT2D eigenvalue weighted by molar-refractivity contribution is -0.274. The number of alkyl halides is 3. The van der Waals surface area contributed by atoms with E-state index in [0.29, 0.717) is 18.7 Å². The Morgan fingerprint density at radius 3 is 2.50 bits per heavy atom. The molecule has 0 unspecified atom stereocenters. The van der Waals surface area contributed by atoms with Gasteiger partial charge in [-0.25, -0.2) is 4.98 Å². The molecular weight excluding hydrogens is 480 g/mol. The van der Waals surface area contributed by atoms with Gasteiger partial charge in [0.05, 0.1) is 10.7 Å². The predicted molar refractivity (Wildman–Crippen MR) is 109 cm³/mol. The van der Waals surface area contributed by atoms with E-state index < -0.39 is 6.36 Å². The summed E-state index contributed by atoms with van der Waals surface area (Å²) in [6, 6.07) is 5.27. The monoisotopic (exact) mass is 500 g/mol. The first kappa shape index (κ1) is 22.5. The van der Waals surface area contributed by atoms with Gasteiger partial charge in [0.15, 0.2) is 5.96 Å². The number of hydrogen-bond acceptors (Lipinski definition) is 4. The van der Waals surface area contributed by atoms with E-state index in [2.05, 4.69) is 27.0 Å². The Bertz CT molecular complexity index is 732. The van der Waals surface area contributed by atoms with E-state index in [0.717, 1.165) is 17.1 Å². The molecule has 144 valence electrons. The number of rotatable bonds is 6. The minimum Gasteiger partial charge on any atom is -0.406 e. The highest BCUT2D eigenvalue weighted by Gasteiger charge is 2.30. The first-order valence-electron chi connectivity index (χ1n) is 7.64. The third kappa shape index (κ3) is 7.36. The lowest BCUT2D eigenvalue weighted by Gasteiger charge is -2.10. The molecule has 1 heterocycles. The van der Waals surface area contributed by atoms with Crippen molar-refractivity contribution in [2.75, 3.05) is 11.9 Å². The summed E-state index contributed by atoms with van der Waals surface area (Å²) < 4.78 is 40.1. The molecule has 26 heavy (non-hydrogen) atoms. The highest BCUT2D eigenvalue weighted by Crippen LogP contribution is 2.24. The van der Waals surface area contributed by atoms with Crippen molar-refractivity contribution in [2.45, 2.75) is 33.1 Å². The molecule has 0 radical (unpaired) electrons. The fourth-order valence-corrected chi connectivity index (χ4v) is 3.13. The summed E-state index contributed by atoms with van der Waals surface area (Å²) >= 11 is 1.65. The average molecular weight is 500 g/mol. The summed E-state index contributed by atoms with van der Waals surface area (Å²) in [6.07, 6.45) is -3.11. The van der Waals surface area contributed by atoms with E-state index >= 15 is 0 Å². The molecule has 1 aromatic carbocycles. The Morgan fingerprint density at radius 1 is 1.31 bits per heavy atom. The lowest BCUT2D eigenvalue weighted by Crippen LogP contribution is -2.23. The molecule has 2 aromatic rings. The molecule has 0 atom stereocenters. The smallest absolute Gasteiger partial charge is 0.406 e. The molecule has 3 N–H and O–H groups in total. The Balaban J connectivity index is 0.00000338. The van der Waals surface area contributed by atoms with Crippen LogP contribution in [0.4, 0.5) is 18.9 Å². The van der Waals surface area contributed by atoms with Crippen LogP contribution in [0.15, 0.2) is 29.3 Å². The Morgan fingerprint density at radius 2 is 1.96 bits per heavy atom. The van der Waals surface area contributed by atoms with Crippen molar-refractivity contribution in [3.63, 3.8) is 0 Å². The van der Waals surface area contributed by atoms with Crippen molar-refractivity contribution in [2.24, 2.45) is 10.7 Å². The van der Waals surface area contributed by atoms with Gasteiger partial charge >= 0.3 is 6.36 Å². The number of nitrogens with zero attached hydrogens (tertiary/aromatic N) is 2. The summed E-state index contributed by atoms with van der Waals surface area (Å²) in [4.78, 5) is 9.95. The molecule has 5 nitrogen and oxygen atoms in total. The van der Waals surface area contributed by atoms with Gasteiger partial charge in [0.25, 0.3) is 0 Å². The van der Waals surface area contributed by atoms with E-state index in [1.807, 2.05) is 6.92 Å². The van der Waals surface area contributed by atoms with E-state index in [1.165, 1.54) is 29.1 Å². The molecule has 1 aromatic heterocycles. The number of nitrogens with two attached hydrogens (primary N) is 1. The minimum atomic E-state index is -4.71. The van der Waals surface area contributed by atoms with Crippen molar-refractivity contribution < 1.29 is 17.9 Å². The quantitative estimate of drug-likeness (QED) is 0.348. The zero-order chi connectivity index (χ0) is 18.4. The zero-order valence-electron chi connectivity index (χ0n) is 14.3. The zero-order valence-corrected chi connectivity index (χ0v) is 17.4. The first-order chi connectivity index (χ1) is 11.8. The molecule has 0 fully saturated rings. The second-order valence-electron chi connectivity index (χ2n) is 5.18. The molecule has 0 aliphatic rings. The number of ether oxygens (including phenoxy) is 1. The van der Waals surface area contributed by atoms with Crippen molar-refractivity contribution in [3.05, 3.63) is 39.8 Å². The average Bonchev–Trinajstić information content (AvgIpc) is 2.88. The third-order valence-corrected chi connectivity index (χ3v) is 4.31. The summed E-state index contributed by atoms with van der Waals surface area (Å²) in [5.41, 5.74) is 7.41. The number of anilines is 1. The SMILES string of the molecule is CCc1nc(CCN=C(N)Nc2ccc(OC(F)(F)F)cc2)sc1C.I. The fraction of sp³-hybridized carbons (Fsp3) is 0.375. The van der Waals surface area contributed by atoms with E-state index in [1.54, 1.807) is 11.3 Å². The highest BCUT2D eigenvalue weighted by molar-refractivity contribution is 14.0. The minimum absolute atomic E-state index is 0. The Labute approximate surface area is 170 Å². The maximum Gasteiger partial charge on any atom is 0.573 e. The van der Waals surface area contributed by atoms with Crippen LogP contribution in [-0.4, -0.2) is 23.9 Å². The first-order valence-corrected chi connectivity index (χ1v) is 8.46. The standard InChI is InChI=1S/C16H19F3N4OS.HI/c1-3-13-10(2)25-14(23-13)8-9-21-15(20)22-11-4-6-12(7-5-11)24-16(17,18)19;/h4-7H,3,8-9H2,1-2H3,(H3,20,21,22);1H. The van der Waals surface area contributed by atoms with Crippen molar-refractivity contribution >= 4 is 47.0 Å². The van der Waals surface area contributed by atoms with Gasteiger partial charge in [-0.05, 0) is 37.6 Å². The van der Waals surface area contributed by atoms with Gasteiger partial charge in [-0.2, -0.15) is 0 Å². The van der Waals surface area contributed by atoms with Crippen LogP contribution in [0.2, 0.25) is 0 Å². The topological polar surface area (TPSA) is 72.5 Å². The molecular formula is C16H20F3IN4OS. The molecule has 0 amide bonds. The summed E-state index contributed by atoms with van der Waals surface area (Å²) in [7, 11) is 0. The van der Waals surface area contributed by atoms with Gasteiger partial charge in [0.1, 0.15) is 5.75 Å². The normalized spacial score (nSPS) is 11.8. The van der Waals surface area contributed by atoms with Crippen LogP contribution in [-0.2, 0) is 12.8 Å². The van der Waals surface area contributed by atoms with Crippen molar-refractivity contribution in [1.29, 1.82) is 0 Å². The van der Waals surface area contributed by atoms with Crippen LogP contribution >= 0.6 is 35.3 Å². The highest BCUT2D eigenvalue weighted by atomic mass is 127. The van der Waals surface area contributed by atoms with Crippen LogP contribution in [0.1, 0.15) is 22.5 Å². The summed E-state index contributed by atoms with van der Waals surface area (Å²) in [6.45, 7) is 4.59. The lowest BCUT2D eigenvalue weighted by atomic mass is 10.3. The molecule has 0 saturated heterocycles. The van der Waals surface area contributed by atoms with Crippen molar-refractivity contribution in [3.8, 4) is 5.75 Å². The van der Waals surface area contributed by atoms with Crippen LogP contribution in [0.5, 0.6) is 5.75 Å². The van der Waals surface area contributed by atoms with Crippen molar-refractivity contribution in [1.82, 2.24) is 4.98 Å². The maximum absolute atomic E-state index is 12.1. The maximum atomic E-state index is 12.1. The van der Waals surface area contributed by atoms with Gasteiger partial charge < -0.3 is 15.8 Å². The van der Waals surface area contributed by atoms with Crippen LogP contribution < -0.4 is 15.8 Å². The molecule has 0 spiro atoms. The van der Waals surface area contributed by atoms with Gasteiger partial charge in [-0.1, -0.05) is 6.92 Å². The number of benzene rings is 1. The largest absolute Gasteiger partial charge is 0.573 e. The number of aliphatic imine (C=N–C) groups is 1. The number of hydrogen-bond donors (Lipinski definition) is 2. The van der Waals surface area contributed by atoms with Gasteiger partial charge in [0, 0.05) is 23.5 Å². The van der Waals surface area contributed by atoms with Gasteiger partial charge in [-0.15, -0.1) is 48.5 Å². The van der Waals surface area contributed by atoms with Crippen LogP contribution in [0, 0.1) is 6.92 Å². The summed E-state index contributed by atoms with van der Waals surface area (Å²) in [5.74, 6) is -0.104. The predicted octanol–water partition coefficient (Wildman–Crippen LogP) is 4.50. The Kier molecular flexibility index (Phi) is 8.60. The second kappa shape index (κ2) is 9.95. The number of aryl methyl sites for hydroxylation is 2. The number of nitrogens with one attached hydrogen (secondary N) is 1. The summed E-state index contributed by atoms with van der Waals surface area (Å²) in [5, 5.41) is 3.83. The molecule has 2 rings (SSSR count). The number of aromatic nitrogens is 1. The molecule has 0 aliphatic heterocycles. The van der Waals surface area contributed by atoms with E-state index in [9.17, 15) is 13.2 Å². The number of thiazole rings is 1. The number of halogens is 4. The van der Waals surface area contributed by atoms with Gasteiger partial charge in [-0.3, -0.25) is 4.99 Å². The molecule has 0 bridgehead atoms. The molecule has 0 aliphatic carbocycles. The van der Waals surface area contributed by atoms with E-state index in [-0.39, 0.29) is 35.7 Å². The van der Waals surface area contributed by atoms with Gasteiger partial charge in [0.2, 0.25) is 0 Å². The number of guanidine groups is 1. The van der Waals surface area contributed by atoms with E-state index in [4.69, 9.17) is 5.73 Å². The third-order valence-electron chi connectivity index (χ3n) is 3.24. The molecule has 10 heteroatoms. The Hall–Kier alpha value is -1.56. The van der Waals surface area contributed by atoms with Crippen LogP contribution in [0.3, 0.4) is 0 Å². The van der Waals surface area contributed by atoms with Crippen LogP contribution in [0.25, 0.3) is 0 Å². The second-order valence-corrected chi connectivity index (χ2v) is 6.47.